The molecule has 2 aliphatic rings. The van der Waals surface area contributed by atoms with E-state index in [0.29, 0.717) is 4.47 Å². The van der Waals surface area contributed by atoms with Crippen LogP contribution in [0.15, 0.2) is 45.8 Å². The first-order chi connectivity index (χ1) is 10.7. The Balaban J connectivity index is 2.09. The number of fused-ring (bicyclic) bond motifs is 5. The van der Waals surface area contributed by atoms with Crippen LogP contribution in [-0.4, -0.2) is 22.5 Å². The van der Waals surface area contributed by atoms with Crippen LogP contribution in [0.2, 0.25) is 0 Å². The minimum Gasteiger partial charge on any atom is -0.516 e. The number of nitrogens with zero attached hydrogens (tertiary/aromatic N) is 2. The Kier molecular flexibility index (Phi) is 2.86. The van der Waals surface area contributed by atoms with Crippen molar-refractivity contribution in [3.05, 3.63) is 51.4 Å². The highest BCUT2D eigenvalue weighted by molar-refractivity contribution is 9.10. The molecule has 7 heteroatoms. The molecule has 2 aromatic heterocycles. The van der Waals surface area contributed by atoms with Gasteiger partial charge in [-0.15, -0.1) is 0 Å². The molecule has 2 aliphatic heterocycles. The number of hydrogen-bond donors (Lipinski definition) is 0. The molecule has 2 aromatic rings. The maximum absolute atomic E-state index is 12.7. The van der Waals surface area contributed by atoms with Crippen LogP contribution in [0.1, 0.15) is 27.7 Å². The molecule has 0 aromatic carbocycles. The Morgan fingerprint density at radius 1 is 1.09 bits per heavy atom. The van der Waals surface area contributed by atoms with Gasteiger partial charge in [0, 0.05) is 23.5 Å². The molecule has 23 heavy (non-hydrogen) atoms. The van der Waals surface area contributed by atoms with E-state index in [2.05, 4.69) is 15.9 Å². The Morgan fingerprint density at radius 2 is 1.74 bits per heavy atom. The maximum Gasteiger partial charge on any atom is 0.521 e. The summed E-state index contributed by atoms with van der Waals surface area (Å²) < 4.78 is 17.1. The summed E-state index contributed by atoms with van der Waals surface area (Å²) in [6, 6.07) is 9.39. The molecule has 4 rings (SSSR count). The lowest BCUT2D eigenvalue weighted by Crippen LogP contribution is -2.71. The van der Waals surface area contributed by atoms with E-state index in [1.54, 1.807) is 10.6 Å². The molecule has 0 saturated carbocycles. The van der Waals surface area contributed by atoms with Gasteiger partial charge in [0.05, 0.1) is 5.59 Å². The van der Waals surface area contributed by atoms with Crippen molar-refractivity contribution < 1.29 is 13.8 Å². The lowest BCUT2D eigenvalue weighted by atomic mass is 9.67. The van der Waals surface area contributed by atoms with Gasteiger partial charge >= 0.3 is 12.2 Å². The van der Waals surface area contributed by atoms with Crippen LogP contribution in [0, 0.1) is 0 Å². The van der Waals surface area contributed by atoms with Gasteiger partial charge in [0.25, 0.3) is 0 Å². The lowest BCUT2D eigenvalue weighted by Gasteiger charge is -2.36. The van der Waals surface area contributed by atoms with Crippen molar-refractivity contribution in [1.82, 2.24) is 4.57 Å². The summed E-state index contributed by atoms with van der Waals surface area (Å²) in [5.41, 5.74) is -0.365. The van der Waals surface area contributed by atoms with Gasteiger partial charge in [-0.05, 0) is 61.8 Å². The average molecular weight is 377 g/mol. The van der Waals surface area contributed by atoms with Crippen LogP contribution in [0.5, 0.6) is 0 Å². The minimum absolute atomic E-state index is 0.115. The fraction of sp³-hybridized carbons (Fsp3) is 0.375. The normalized spacial score (nSPS) is 22.1. The number of aromatic nitrogens is 2. The van der Waals surface area contributed by atoms with Crippen LogP contribution in [-0.2, 0) is 9.31 Å². The lowest BCUT2D eigenvalue weighted by molar-refractivity contribution is -0.560. The van der Waals surface area contributed by atoms with Gasteiger partial charge < -0.3 is 13.8 Å². The fourth-order valence-corrected chi connectivity index (χ4v) is 3.77. The molecule has 120 valence electrons. The first kappa shape index (κ1) is 15.1. The van der Waals surface area contributed by atoms with E-state index in [4.69, 9.17) is 9.31 Å². The van der Waals surface area contributed by atoms with Gasteiger partial charge in [-0.2, -0.15) is 4.57 Å². The van der Waals surface area contributed by atoms with E-state index >= 15 is 0 Å². The number of pyridine rings is 2. The second kappa shape index (κ2) is 4.34. The molecule has 1 fully saturated rings. The predicted molar refractivity (Wildman–Crippen MR) is 91.0 cm³/mol. The molecule has 0 aliphatic carbocycles. The molecule has 0 N–H and O–H groups in total. The highest BCUT2D eigenvalue weighted by atomic mass is 79.9. The predicted octanol–water partition coefficient (Wildman–Crippen LogP) is 1.50. The van der Waals surface area contributed by atoms with Crippen LogP contribution in [0.4, 0.5) is 0 Å². The highest BCUT2D eigenvalue weighted by Crippen LogP contribution is 2.41. The van der Waals surface area contributed by atoms with Crippen LogP contribution in [0.3, 0.4) is 0 Å². The molecule has 1 spiro atoms. The molecule has 0 bridgehead atoms. The van der Waals surface area contributed by atoms with Crippen molar-refractivity contribution in [2.75, 3.05) is 0 Å². The molecular weight excluding hydrogens is 359 g/mol. The Hall–Kier alpha value is -1.44. The molecule has 0 amide bonds. The summed E-state index contributed by atoms with van der Waals surface area (Å²) in [7, 11) is 0. The van der Waals surface area contributed by atoms with Crippen molar-refractivity contribution >= 4 is 28.2 Å². The Labute approximate surface area is 143 Å². The smallest absolute Gasteiger partial charge is 0.516 e. The SMILES string of the molecule is CC1(C)O[B-]2(OC1(C)C)c1ccc(Br)c(=O)n1-c1cccc[n+]12. The fourth-order valence-electron chi connectivity index (χ4n) is 3.46. The summed E-state index contributed by atoms with van der Waals surface area (Å²) in [5.74, 6) is 0.752. The molecule has 0 unspecified atom stereocenters. The third kappa shape index (κ3) is 1.75. The van der Waals surface area contributed by atoms with Gasteiger partial charge in [0.2, 0.25) is 5.82 Å². The van der Waals surface area contributed by atoms with Gasteiger partial charge in [-0.3, -0.25) is 0 Å². The molecular formula is C16H18BBrN2O3. The van der Waals surface area contributed by atoms with E-state index in [1.807, 2.05) is 62.6 Å². The summed E-state index contributed by atoms with van der Waals surface area (Å²) in [6.45, 7) is 6.12. The van der Waals surface area contributed by atoms with Gasteiger partial charge in [-0.25, -0.2) is 4.79 Å². The average Bonchev–Trinajstić information content (AvgIpc) is 2.84. The largest absolute Gasteiger partial charge is 0.521 e. The van der Waals surface area contributed by atoms with E-state index in [0.717, 1.165) is 11.4 Å². The van der Waals surface area contributed by atoms with E-state index in [-0.39, 0.29) is 5.56 Å². The van der Waals surface area contributed by atoms with Crippen LogP contribution in [0.25, 0.3) is 5.82 Å². The van der Waals surface area contributed by atoms with E-state index in [1.165, 1.54) is 0 Å². The number of rotatable bonds is 0. The zero-order valence-corrected chi connectivity index (χ0v) is 15.1. The molecule has 0 atom stereocenters. The summed E-state index contributed by atoms with van der Waals surface area (Å²) in [5, 5.41) is 0. The van der Waals surface area contributed by atoms with Crippen molar-refractivity contribution in [2.24, 2.45) is 0 Å². The van der Waals surface area contributed by atoms with Gasteiger partial charge in [-0.1, -0.05) is 6.07 Å². The van der Waals surface area contributed by atoms with Gasteiger partial charge in [0.15, 0.2) is 0 Å². The third-order valence-electron chi connectivity index (χ3n) is 5.26. The van der Waals surface area contributed by atoms with Crippen molar-refractivity contribution in [3.63, 3.8) is 0 Å². The Bertz CT molecular complexity index is 875. The molecule has 0 radical (unpaired) electrons. The first-order valence-electron chi connectivity index (χ1n) is 7.67. The molecule has 4 heterocycles. The second-order valence-corrected chi connectivity index (χ2v) is 8.00. The van der Waals surface area contributed by atoms with Crippen molar-refractivity contribution in [1.29, 1.82) is 0 Å². The number of halogens is 1. The topological polar surface area (TPSA) is 44.3 Å². The third-order valence-corrected chi connectivity index (χ3v) is 5.86. The standard InChI is InChI=1S/C16H18BBrN2O3/c1-15(2)16(3,4)23-17(22-15)12-9-8-11(18)14(21)20(12)13-7-5-6-10-19(13)17/h5-10H,1-4H3. The van der Waals surface area contributed by atoms with E-state index < -0.39 is 17.9 Å². The zero-order valence-electron chi connectivity index (χ0n) is 13.5. The monoisotopic (exact) mass is 376 g/mol. The summed E-state index contributed by atoms with van der Waals surface area (Å²) in [4.78, 5) is 12.7. The van der Waals surface area contributed by atoms with Crippen LogP contribution >= 0.6 is 15.9 Å². The molecule has 1 saturated heterocycles. The van der Waals surface area contributed by atoms with Crippen molar-refractivity contribution in [2.45, 2.75) is 38.9 Å². The van der Waals surface area contributed by atoms with Gasteiger partial charge in [0.1, 0.15) is 4.47 Å². The summed E-state index contributed by atoms with van der Waals surface area (Å²) >= 11 is 3.33. The Morgan fingerprint density at radius 3 is 2.39 bits per heavy atom. The van der Waals surface area contributed by atoms with Crippen molar-refractivity contribution in [3.8, 4) is 5.82 Å². The minimum atomic E-state index is -1.96. The first-order valence-corrected chi connectivity index (χ1v) is 8.46. The van der Waals surface area contributed by atoms with E-state index in [9.17, 15) is 4.79 Å². The maximum atomic E-state index is 12.7. The quantitative estimate of drug-likeness (QED) is 0.654. The second-order valence-electron chi connectivity index (χ2n) is 7.14. The number of hydrogen-bond acceptors (Lipinski definition) is 3. The highest BCUT2D eigenvalue weighted by Gasteiger charge is 2.63. The summed E-state index contributed by atoms with van der Waals surface area (Å²) in [6.07, 6.45) is 1.91. The zero-order chi connectivity index (χ0) is 16.6. The van der Waals surface area contributed by atoms with Crippen LogP contribution < -0.4 is 15.6 Å². The molecule has 5 nitrogen and oxygen atoms in total.